The number of nitrogens with zero attached hydrogens (tertiary/aromatic N) is 2. The molecule has 0 atom stereocenters. The molecule has 5 heteroatoms. The monoisotopic (exact) mass is 204 g/mol. The molecule has 2 rings (SSSR count). The van der Waals surface area contributed by atoms with Crippen LogP contribution < -0.4 is 5.32 Å². The first-order valence-electron chi connectivity index (χ1n) is 4.70. The second-order valence-electron chi connectivity index (χ2n) is 3.05. The minimum absolute atomic E-state index is 0.0723. The fourth-order valence-electron chi connectivity index (χ4n) is 1.24. The van der Waals surface area contributed by atoms with E-state index in [9.17, 15) is 0 Å². The first-order chi connectivity index (χ1) is 7.40. The molecule has 3 N–H and O–H groups in total. The Bertz CT molecular complexity index is 396. The Kier molecular flexibility index (Phi) is 2.94. The number of H-pyrrole nitrogens is 1. The predicted octanol–water partition coefficient (Wildman–Crippen LogP) is 0.876. The Hall–Kier alpha value is -1.88. The lowest BCUT2D eigenvalue weighted by atomic mass is 10.2. The van der Waals surface area contributed by atoms with E-state index in [1.165, 1.54) is 0 Å². The van der Waals surface area contributed by atoms with Gasteiger partial charge in [0.15, 0.2) is 0 Å². The molecule has 0 aliphatic rings. The summed E-state index contributed by atoms with van der Waals surface area (Å²) in [7, 11) is 0. The smallest absolute Gasteiger partial charge is 0.222 e. The zero-order chi connectivity index (χ0) is 10.5. The van der Waals surface area contributed by atoms with Crippen LogP contribution in [0.25, 0.3) is 11.1 Å². The number of hydrogen-bond acceptors (Lipinski definition) is 4. The van der Waals surface area contributed by atoms with Gasteiger partial charge in [0, 0.05) is 42.5 Å². The van der Waals surface area contributed by atoms with Crippen molar-refractivity contribution in [3.8, 4) is 11.1 Å². The summed E-state index contributed by atoms with van der Waals surface area (Å²) in [6.45, 7) is 0.534. The molecule has 15 heavy (non-hydrogen) atoms. The molecule has 0 radical (unpaired) electrons. The van der Waals surface area contributed by atoms with Gasteiger partial charge < -0.3 is 15.4 Å². The number of nitrogens with one attached hydrogen (secondary N) is 2. The number of hydrogen-bond donors (Lipinski definition) is 3. The van der Waals surface area contributed by atoms with Crippen LogP contribution >= 0.6 is 0 Å². The van der Waals surface area contributed by atoms with Crippen molar-refractivity contribution in [1.29, 1.82) is 0 Å². The van der Waals surface area contributed by atoms with Crippen LogP contribution in [0, 0.1) is 0 Å². The molecule has 0 aliphatic heterocycles. The number of aromatic amines is 1. The molecule has 0 fully saturated rings. The number of aliphatic hydroxyl groups excluding tert-OH is 1. The molecule has 0 spiro atoms. The van der Waals surface area contributed by atoms with Gasteiger partial charge in [0.2, 0.25) is 5.95 Å². The average molecular weight is 204 g/mol. The Morgan fingerprint density at radius 3 is 2.67 bits per heavy atom. The molecule has 0 saturated heterocycles. The number of aliphatic hydroxyl groups is 1. The number of anilines is 1. The van der Waals surface area contributed by atoms with Crippen molar-refractivity contribution >= 4 is 5.95 Å². The maximum atomic E-state index is 8.61. The summed E-state index contributed by atoms with van der Waals surface area (Å²) in [5, 5.41) is 11.5. The highest BCUT2D eigenvalue weighted by molar-refractivity contribution is 5.60. The van der Waals surface area contributed by atoms with E-state index in [1.54, 1.807) is 12.4 Å². The van der Waals surface area contributed by atoms with Crippen LogP contribution in [0.4, 0.5) is 5.95 Å². The molecule has 78 valence electrons. The molecule has 0 aromatic carbocycles. The third kappa shape index (κ3) is 2.32. The van der Waals surface area contributed by atoms with E-state index >= 15 is 0 Å². The molecule has 0 aliphatic carbocycles. The highest BCUT2D eigenvalue weighted by Gasteiger charge is 1.99. The molecule has 2 heterocycles. The zero-order valence-electron chi connectivity index (χ0n) is 8.14. The van der Waals surface area contributed by atoms with Gasteiger partial charge in [0.25, 0.3) is 0 Å². The maximum absolute atomic E-state index is 8.61. The van der Waals surface area contributed by atoms with Crippen LogP contribution in [-0.4, -0.2) is 33.2 Å². The summed E-state index contributed by atoms with van der Waals surface area (Å²) in [4.78, 5) is 11.2. The summed E-state index contributed by atoms with van der Waals surface area (Å²) < 4.78 is 0. The normalized spacial score (nSPS) is 10.2. The quantitative estimate of drug-likeness (QED) is 0.691. The lowest BCUT2D eigenvalue weighted by Crippen LogP contribution is -2.08. The third-order valence-electron chi connectivity index (χ3n) is 1.98. The molecule has 0 unspecified atom stereocenters. The summed E-state index contributed by atoms with van der Waals surface area (Å²) in [6.07, 6.45) is 7.23. The summed E-state index contributed by atoms with van der Waals surface area (Å²) in [5.41, 5.74) is 2.02. The second kappa shape index (κ2) is 4.56. The van der Waals surface area contributed by atoms with Crippen LogP contribution in [0.1, 0.15) is 0 Å². The molecule has 0 amide bonds. The molecular weight excluding hydrogens is 192 g/mol. The Balaban J connectivity index is 2.11. The van der Waals surface area contributed by atoms with E-state index < -0.39 is 0 Å². The molecule has 0 saturated carbocycles. The standard InChI is InChI=1S/C10H12N4O/c15-4-3-12-10-13-6-9(7-14-10)8-1-2-11-5-8/h1-2,5-7,11,15H,3-4H2,(H,12,13,14). The topological polar surface area (TPSA) is 73.8 Å². The van der Waals surface area contributed by atoms with Gasteiger partial charge in [0.05, 0.1) is 6.61 Å². The van der Waals surface area contributed by atoms with Gasteiger partial charge >= 0.3 is 0 Å². The van der Waals surface area contributed by atoms with Gasteiger partial charge in [-0.1, -0.05) is 0 Å². The van der Waals surface area contributed by atoms with Gasteiger partial charge in [-0.05, 0) is 6.07 Å². The largest absolute Gasteiger partial charge is 0.395 e. The number of aromatic nitrogens is 3. The van der Waals surface area contributed by atoms with E-state index in [4.69, 9.17) is 5.11 Å². The molecule has 0 bridgehead atoms. The van der Waals surface area contributed by atoms with Crippen LogP contribution in [0.3, 0.4) is 0 Å². The average Bonchev–Trinajstić information content (AvgIpc) is 2.80. The van der Waals surface area contributed by atoms with E-state index in [0.717, 1.165) is 11.1 Å². The van der Waals surface area contributed by atoms with Gasteiger partial charge in [-0.3, -0.25) is 0 Å². The Labute approximate surface area is 87.2 Å². The lowest BCUT2D eigenvalue weighted by Gasteiger charge is -2.02. The third-order valence-corrected chi connectivity index (χ3v) is 1.98. The molecule has 5 nitrogen and oxygen atoms in total. The molecule has 2 aromatic heterocycles. The van der Waals surface area contributed by atoms with Gasteiger partial charge in [0.1, 0.15) is 0 Å². The SMILES string of the molecule is OCCNc1ncc(-c2cc[nH]c2)cn1. The predicted molar refractivity (Wildman–Crippen MR) is 57.4 cm³/mol. The minimum atomic E-state index is 0.0723. The fourth-order valence-corrected chi connectivity index (χ4v) is 1.24. The van der Waals surface area contributed by atoms with Crippen molar-refractivity contribution in [2.24, 2.45) is 0 Å². The molecule has 2 aromatic rings. The van der Waals surface area contributed by atoms with Crippen LogP contribution in [0.2, 0.25) is 0 Å². The van der Waals surface area contributed by atoms with Crippen molar-refractivity contribution in [3.63, 3.8) is 0 Å². The van der Waals surface area contributed by atoms with Crippen molar-refractivity contribution < 1.29 is 5.11 Å². The summed E-state index contributed by atoms with van der Waals surface area (Å²) in [5.74, 6) is 0.531. The second-order valence-corrected chi connectivity index (χ2v) is 3.05. The first kappa shape index (κ1) is 9.67. The van der Waals surface area contributed by atoms with E-state index in [2.05, 4.69) is 20.3 Å². The van der Waals surface area contributed by atoms with Crippen molar-refractivity contribution in [3.05, 3.63) is 30.9 Å². The minimum Gasteiger partial charge on any atom is -0.395 e. The Morgan fingerprint density at radius 1 is 1.27 bits per heavy atom. The molecular formula is C10H12N4O. The van der Waals surface area contributed by atoms with Gasteiger partial charge in [-0.15, -0.1) is 0 Å². The zero-order valence-corrected chi connectivity index (χ0v) is 8.14. The van der Waals surface area contributed by atoms with Gasteiger partial charge in [-0.2, -0.15) is 0 Å². The highest BCUT2D eigenvalue weighted by Crippen LogP contribution is 2.16. The Morgan fingerprint density at radius 2 is 2.07 bits per heavy atom. The number of rotatable bonds is 4. The van der Waals surface area contributed by atoms with Crippen molar-refractivity contribution in [1.82, 2.24) is 15.0 Å². The van der Waals surface area contributed by atoms with Crippen LogP contribution in [0.5, 0.6) is 0 Å². The van der Waals surface area contributed by atoms with Crippen LogP contribution in [-0.2, 0) is 0 Å². The van der Waals surface area contributed by atoms with E-state index in [-0.39, 0.29) is 6.61 Å². The van der Waals surface area contributed by atoms with E-state index in [1.807, 2.05) is 18.5 Å². The van der Waals surface area contributed by atoms with Crippen molar-refractivity contribution in [2.75, 3.05) is 18.5 Å². The fraction of sp³-hybridized carbons (Fsp3) is 0.200. The van der Waals surface area contributed by atoms with Crippen LogP contribution in [0.15, 0.2) is 30.9 Å². The lowest BCUT2D eigenvalue weighted by molar-refractivity contribution is 0.311. The van der Waals surface area contributed by atoms with Crippen molar-refractivity contribution in [2.45, 2.75) is 0 Å². The first-order valence-corrected chi connectivity index (χ1v) is 4.70. The highest BCUT2D eigenvalue weighted by atomic mass is 16.3. The summed E-state index contributed by atoms with van der Waals surface area (Å²) in [6, 6.07) is 1.96. The maximum Gasteiger partial charge on any atom is 0.222 e. The summed E-state index contributed by atoms with van der Waals surface area (Å²) >= 11 is 0. The van der Waals surface area contributed by atoms with Gasteiger partial charge in [-0.25, -0.2) is 9.97 Å². The van der Waals surface area contributed by atoms with E-state index in [0.29, 0.717) is 12.5 Å².